The largest absolute Gasteiger partial charge is 0.363 e. The quantitative estimate of drug-likeness (QED) is 0.771. The zero-order valence-corrected chi connectivity index (χ0v) is 6.97. The van der Waals surface area contributed by atoms with Crippen LogP contribution in [0.25, 0.3) is 0 Å². The van der Waals surface area contributed by atoms with Gasteiger partial charge in [0.1, 0.15) is 6.26 Å². The Bertz CT molecular complexity index is 344. The molecular formula is C9H9N3O. The monoisotopic (exact) mass is 175 g/mol. The van der Waals surface area contributed by atoms with Crippen molar-refractivity contribution in [2.45, 2.75) is 6.54 Å². The van der Waals surface area contributed by atoms with E-state index >= 15 is 0 Å². The molecule has 0 bridgehead atoms. The topological polar surface area (TPSA) is 51.0 Å². The summed E-state index contributed by atoms with van der Waals surface area (Å²) in [4.78, 5) is 3.93. The number of nitrogens with zero attached hydrogens (tertiary/aromatic N) is 2. The molecule has 4 heteroatoms. The number of hydrogen-bond acceptors (Lipinski definition) is 4. The van der Waals surface area contributed by atoms with E-state index in [-0.39, 0.29) is 0 Å². The van der Waals surface area contributed by atoms with Crippen LogP contribution >= 0.6 is 0 Å². The normalized spacial score (nSPS) is 9.85. The van der Waals surface area contributed by atoms with E-state index in [1.165, 1.54) is 6.26 Å². The molecule has 0 aliphatic rings. The average Bonchev–Trinajstić information content (AvgIpc) is 2.69. The van der Waals surface area contributed by atoms with Gasteiger partial charge in [-0.1, -0.05) is 5.16 Å². The molecule has 0 atom stereocenters. The second kappa shape index (κ2) is 3.71. The minimum absolute atomic E-state index is 0.731. The number of aromatic nitrogens is 2. The van der Waals surface area contributed by atoms with Gasteiger partial charge in [-0.2, -0.15) is 0 Å². The molecule has 0 spiro atoms. The first-order chi connectivity index (χ1) is 6.45. The van der Waals surface area contributed by atoms with Crippen LogP contribution in [0.2, 0.25) is 0 Å². The Balaban J connectivity index is 1.94. The van der Waals surface area contributed by atoms with Crippen LogP contribution in [0.1, 0.15) is 5.56 Å². The highest BCUT2D eigenvalue weighted by Gasteiger charge is 1.94. The van der Waals surface area contributed by atoms with Crippen molar-refractivity contribution in [3.8, 4) is 0 Å². The molecule has 1 N–H and O–H groups in total. The first kappa shape index (κ1) is 7.79. The molecule has 0 saturated carbocycles. The van der Waals surface area contributed by atoms with Crippen LogP contribution in [0, 0.1) is 0 Å². The maximum atomic E-state index is 4.68. The summed E-state index contributed by atoms with van der Waals surface area (Å²) < 4.78 is 4.68. The molecule has 2 heterocycles. The maximum absolute atomic E-state index is 4.68. The molecular weight excluding hydrogens is 166 g/mol. The molecule has 66 valence electrons. The standard InChI is InChI=1S/C9H9N3O/c1-4-10-5-2-8(1)7-11-9-3-6-13-12-9/h1-6H,7H2,(H,11,12). The first-order valence-electron chi connectivity index (χ1n) is 3.98. The van der Waals surface area contributed by atoms with Gasteiger partial charge in [-0.3, -0.25) is 4.98 Å². The number of hydrogen-bond donors (Lipinski definition) is 1. The Labute approximate surface area is 75.6 Å². The summed E-state index contributed by atoms with van der Waals surface area (Å²) in [6.07, 6.45) is 5.06. The summed E-state index contributed by atoms with van der Waals surface area (Å²) in [5.41, 5.74) is 1.16. The molecule has 0 aromatic carbocycles. The van der Waals surface area contributed by atoms with Crippen molar-refractivity contribution in [3.05, 3.63) is 42.4 Å². The van der Waals surface area contributed by atoms with Gasteiger partial charge in [0.2, 0.25) is 0 Å². The van der Waals surface area contributed by atoms with Crippen molar-refractivity contribution in [1.29, 1.82) is 0 Å². The zero-order valence-electron chi connectivity index (χ0n) is 6.97. The molecule has 13 heavy (non-hydrogen) atoms. The molecule has 2 aromatic rings. The molecule has 0 aliphatic heterocycles. The highest BCUT2D eigenvalue weighted by molar-refractivity contribution is 5.32. The second-order valence-corrected chi connectivity index (χ2v) is 2.59. The third-order valence-electron chi connectivity index (χ3n) is 1.66. The van der Waals surface area contributed by atoms with E-state index in [4.69, 9.17) is 0 Å². The lowest BCUT2D eigenvalue weighted by Crippen LogP contribution is -1.98. The Morgan fingerprint density at radius 2 is 2.08 bits per heavy atom. The third-order valence-corrected chi connectivity index (χ3v) is 1.66. The average molecular weight is 175 g/mol. The smallest absolute Gasteiger partial charge is 0.169 e. The van der Waals surface area contributed by atoms with E-state index in [9.17, 15) is 0 Å². The highest BCUT2D eigenvalue weighted by Crippen LogP contribution is 2.04. The van der Waals surface area contributed by atoms with Gasteiger partial charge >= 0.3 is 0 Å². The maximum Gasteiger partial charge on any atom is 0.169 e. The Hall–Kier alpha value is -1.84. The van der Waals surface area contributed by atoms with Crippen LogP contribution in [-0.4, -0.2) is 10.1 Å². The third kappa shape index (κ3) is 2.05. The fourth-order valence-corrected chi connectivity index (χ4v) is 0.997. The predicted molar refractivity (Wildman–Crippen MR) is 48.1 cm³/mol. The van der Waals surface area contributed by atoms with E-state index < -0.39 is 0 Å². The molecule has 0 unspecified atom stereocenters. The van der Waals surface area contributed by atoms with Crippen molar-refractivity contribution in [3.63, 3.8) is 0 Å². The second-order valence-electron chi connectivity index (χ2n) is 2.59. The number of pyridine rings is 1. The van der Waals surface area contributed by atoms with Gasteiger partial charge in [0, 0.05) is 25.0 Å². The van der Waals surface area contributed by atoms with Gasteiger partial charge < -0.3 is 9.84 Å². The van der Waals surface area contributed by atoms with E-state index in [1.807, 2.05) is 12.1 Å². The Kier molecular flexibility index (Phi) is 2.22. The van der Waals surface area contributed by atoms with Gasteiger partial charge in [-0.25, -0.2) is 0 Å². The summed E-state index contributed by atoms with van der Waals surface area (Å²) in [7, 11) is 0. The van der Waals surface area contributed by atoms with Crippen LogP contribution in [0.4, 0.5) is 5.82 Å². The highest BCUT2D eigenvalue weighted by atomic mass is 16.5. The first-order valence-corrected chi connectivity index (χ1v) is 3.98. The van der Waals surface area contributed by atoms with Crippen molar-refractivity contribution < 1.29 is 4.52 Å². The SMILES string of the molecule is c1cc(CNc2ccon2)ccn1. The number of anilines is 1. The minimum Gasteiger partial charge on any atom is -0.363 e. The van der Waals surface area contributed by atoms with Crippen molar-refractivity contribution >= 4 is 5.82 Å². The van der Waals surface area contributed by atoms with Crippen LogP contribution in [0.5, 0.6) is 0 Å². The molecule has 4 nitrogen and oxygen atoms in total. The Morgan fingerprint density at radius 3 is 2.77 bits per heavy atom. The summed E-state index contributed by atoms with van der Waals surface area (Å²) in [5, 5.41) is 6.84. The van der Waals surface area contributed by atoms with E-state index in [0.29, 0.717) is 0 Å². The number of rotatable bonds is 3. The van der Waals surface area contributed by atoms with Crippen LogP contribution in [-0.2, 0) is 6.54 Å². The summed E-state index contributed by atoms with van der Waals surface area (Å²) in [6.45, 7) is 0.731. The molecule has 0 fully saturated rings. The van der Waals surface area contributed by atoms with Gasteiger partial charge in [0.25, 0.3) is 0 Å². The van der Waals surface area contributed by atoms with E-state index in [0.717, 1.165) is 17.9 Å². The van der Waals surface area contributed by atoms with Crippen molar-refractivity contribution in [2.24, 2.45) is 0 Å². The fraction of sp³-hybridized carbons (Fsp3) is 0.111. The lowest BCUT2D eigenvalue weighted by Gasteiger charge is -2.00. The molecule has 0 saturated heterocycles. The lowest BCUT2D eigenvalue weighted by molar-refractivity contribution is 0.422. The van der Waals surface area contributed by atoms with Gasteiger partial charge in [-0.15, -0.1) is 0 Å². The van der Waals surface area contributed by atoms with Gasteiger partial charge in [0.05, 0.1) is 0 Å². The van der Waals surface area contributed by atoms with Crippen LogP contribution in [0.3, 0.4) is 0 Å². The summed E-state index contributed by atoms with van der Waals surface area (Å²) >= 11 is 0. The van der Waals surface area contributed by atoms with E-state index in [2.05, 4.69) is 20.0 Å². The lowest BCUT2D eigenvalue weighted by atomic mass is 10.3. The van der Waals surface area contributed by atoms with Gasteiger partial charge in [0.15, 0.2) is 5.82 Å². The minimum atomic E-state index is 0.731. The predicted octanol–water partition coefficient (Wildman–Crippen LogP) is 1.68. The molecule has 2 rings (SSSR count). The van der Waals surface area contributed by atoms with Crippen molar-refractivity contribution in [2.75, 3.05) is 5.32 Å². The molecule has 2 aromatic heterocycles. The van der Waals surface area contributed by atoms with Gasteiger partial charge in [-0.05, 0) is 17.7 Å². The molecule has 0 aliphatic carbocycles. The fourth-order valence-electron chi connectivity index (χ4n) is 0.997. The van der Waals surface area contributed by atoms with E-state index in [1.54, 1.807) is 18.5 Å². The van der Waals surface area contributed by atoms with Crippen LogP contribution in [0.15, 0.2) is 41.4 Å². The van der Waals surface area contributed by atoms with Crippen molar-refractivity contribution in [1.82, 2.24) is 10.1 Å². The Morgan fingerprint density at radius 1 is 1.23 bits per heavy atom. The molecule has 0 amide bonds. The molecule has 0 radical (unpaired) electrons. The summed E-state index contributed by atoms with van der Waals surface area (Å²) in [6, 6.07) is 5.68. The number of nitrogens with one attached hydrogen (secondary N) is 1. The summed E-state index contributed by atoms with van der Waals surface area (Å²) in [5.74, 6) is 0.747. The zero-order chi connectivity index (χ0) is 8.93. The van der Waals surface area contributed by atoms with Crippen LogP contribution < -0.4 is 5.32 Å².